The lowest BCUT2D eigenvalue weighted by Gasteiger charge is -2.19. The maximum Gasteiger partial charge on any atom is 0.254 e. The van der Waals surface area contributed by atoms with Crippen LogP contribution in [0.2, 0.25) is 10.0 Å². The van der Waals surface area contributed by atoms with Crippen molar-refractivity contribution in [2.75, 3.05) is 13.1 Å². The molecule has 0 saturated carbocycles. The van der Waals surface area contributed by atoms with E-state index in [1.807, 2.05) is 6.92 Å². The molecule has 0 spiro atoms. The van der Waals surface area contributed by atoms with Crippen LogP contribution in [-0.4, -0.2) is 23.9 Å². The Labute approximate surface area is 112 Å². The van der Waals surface area contributed by atoms with Crippen LogP contribution in [0, 0.1) is 12.3 Å². The van der Waals surface area contributed by atoms with Gasteiger partial charge < -0.3 is 4.90 Å². The average Bonchev–Trinajstić information content (AvgIpc) is 2.26. The number of carbonyl (C=O) groups is 1. The highest BCUT2D eigenvalue weighted by molar-refractivity contribution is 6.35. The van der Waals surface area contributed by atoms with Crippen LogP contribution < -0.4 is 0 Å². The standard InChI is InChI=1S/C13H13Cl2NO/c1-3-5-16(6-4-2)13(17)10-7-11(14)9-12(15)8-10/h1,7-9H,4-6H2,2H3. The average molecular weight is 270 g/mol. The maximum atomic E-state index is 12.1. The lowest BCUT2D eigenvalue weighted by atomic mass is 10.2. The van der Waals surface area contributed by atoms with Gasteiger partial charge in [0.1, 0.15) is 0 Å². The number of hydrogen-bond donors (Lipinski definition) is 0. The third-order valence-electron chi connectivity index (χ3n) is 2.17. The van der Waals surface area contributed by atoms with E-state index in [0.717, 1.165) is 6.42 Å². The van der Waals surface area contributed by atoms with Gasteiger partial charge in [0.15, 0.2) is 0 Å². The lowest BCUT2D eigenvalue weighted by Crippen LogP contribution is -2.32. The Morgan fingerprint density at radius 2 is 1.94 bits per heavy atom. The van der Waals surface area contributed by atoms with Gasteiger partial charge in [-0.3, -0.25) is 4.79 Å². The highest BCUT2D eigenvalue weighted by Crippen LogP contribution is 2.20. The smallest absolute Gasteiger partial charge is 0.254 e. The molecule has 1 aromatic carbocycles. The van der Waals surface area contributed by atoms with Gasteiger partial charge in [-0.2, -0.15) is 0 Å². The Balaban J connectivity index is 2.96. The van der Waals surface area contributed by atoms with Crippen molar-refractivity contribution < 1.29 is 4.79 Å². The zero-order chi connectivity index (χ0) is 12.8. The first-order valence-corrected chi connectivity index (χ1v) is 6.03. The molecule has 0 heterocycles. The fourth-order valence-electron chi connectivity index (χ4n) is 1.49. The summed E-state index contributed by atoms with van der Waals surface area (Å²) >= 11 is 11.7. The molecule has 0 aliphatic rings. The van der Waals surface area contributed by atoms with E-state index in [0.29, 0.717) is 22.2 Å². The molecule has 0 saturated heterocycles. The zero-order valence-corrected chi connectivity index (χ0v) is 11.1. The highest BCUT2D eigenvalue weighted by atomic mass is 35.5. The Bertz CT molecular complexity index is 431. The van der Waals surface area contributed by atoms with Gasteiger partial charge in [-0.1, -0.05) is 36.0 Å². The minimum absolute atomic E-state index is 0.144. The van der Waals surface area contributed by atoms with Crippen molar-refractivity contribution in [3.63, 3.8) is 0 Å². The van der Waals surface area contributed by atoms with Crippen molar-refractivity contribution in [3.05, 3.63) is 33.8 Å². The van der Waals surface area contributed by atoms with E-state index in [1.165, 1.54) is 0 Å². The fourth-order valence-corrected chi connectivity index (χ4v) is 2.02. The van der Waals surface area contributed by atoms with Crippen molar-refractivity contribution in [2.45, 2.75) is 13.3 Å². The van der Waals surface area contributed by atoms with Crippen molar-refractivity contribution in [1.82, 2.24) is 4.90 Å². The molecular formula is C13H13Cl2NO. The first-order valence-electron chi connectivity index (χ1n) is 5.27. The molecule has 17 heavy (non-hydrogen) atoms. The van der Waals surface area contributed by atoms with Gasteiger partial charge in [0.05, 0.1) is 6.54 Å². The minimum atomic E-state index is -0.144. The van der Waals surface area contributed by atoms with E-state index < -0.39 is 0 Å². The molecule has 1 amide bonds. The monoisotopic (exact) mass is 269 g/mol. The normalized spacial score (nSPS) is 9.76. The molecule has 0 N–H and O–H groups in total. The molecule has 0 aliphatic heterocycles. The van der Waals surface area contributed by atoms with Crippen LogP contribution in [0.1, 0.15) is 23.7 Å². The SMILES string of the molecule is C#CCN(CCC)C(=O)c1cc(Cl)cc(Cl)c1. The Morgan fingerprint density at radius 3 is 2.41 bits per heavy atom. The van der Waals surface area contributed by atoms with Crippen LogP contribution in [0.3, 0.4) is 0 Å². The first-order chi connectivity index (χ1) is 8.08. The molecule has 0 radical (unpaired) electrons. The number of amides is 1. The predicted molar refractivity (Wildman–Crippen MR) is 71.5 cm³/mol. The number of nitrogens with zero attached hydrogens (tertiary/aromatic N) is 1. The van der Waals surface area contributed by atoms with E-state index in [1.54, 1.807) is 23.1 Å². The zero-order valence-electron chi connectivity index (χ0n) is 9.54. The quantitative estimate of drug-likeness (QED) is 0.767. The molecule has 0 fully saturated rings. The number of terminal acetylenes is 1. The van der Waals surface area contributed by atoms with Crippen LogP contribution in [0.5, 0.6) is 0 Å². The topological polar surface area (TPSA) is 20.3 Å². The summed E-state index contributed by atoms with van der Waals surface area (Å²) < 4.78 is 0. The van der Waals surface area contributed by atoms with E-state index in [-0.39, 0.29) is 12.5 Å². The Morgan fingerprint density at radius 1 is 1.35 bits per heavy atom. The van der Waals surface area contributed by atoms with Crippen molar-refractivity contribution in [3.8, 4) is 12.3 Å². The van der Waals surface area contributed by atoms with Gasteiger partial charge in [-0.05, 0) is 24.6 Å². The van der Waals surface area contributed by atoms with E-state index in [2.05, 4.69) is 5.92 Å². The van der Waals surface area contributed by atoms with E-state index >= 15 is 0 Å². The minimum Gasteiger partial charge on any atom is -0.328 e. The van der Waals surface area contributed by atoms with Crippen LogP contribution in [0.15, 0.2) is 18.2 Å². The first kappa shape index (κ1) is 13.9. The van der Waals surface area contributed by atoms with Gasteiger partial charge in [0.2, 0.25) is 0 Å². The second-order valence-corrected chi connectivity index (χ2v) is 4.46. The number of halogens is 2. The summed E-state index contributed by atoms with van der Waals surface area (Å²) in [6, 6.07) is 4.77. The van der Waals surface area contributed by atoms with Crippen LogP contribution in [0.25, 0.3) is 0 Å². The van der Waals surface area contributed by atoms with E-state index in [9.17, 15) is 4.79 Å². The van der Waals surface area contributed by atoms with Crippen LogP contribution in [-0.2, 0) is 0 Å². The molecule has 0 bridgehead atoms. The number of benzene rings is 1. The molecular weight excluding hydrogens is 257 g/mol. The lowest BCUT2D eigenvalue weighted by molar-refractivity contribution is 0.0777. The van der Waals surface area contributed by atoms with Crippen molar-refractivity contribution >= 4 is 29.1 Å². The van der Waals surface area contributed by atoms with Crippen LogP contribution >= 0.6 is 23.2 Å². The van der Waals surface area contributed by atoms with Gasteiger partial charge in [-0.15, -0.1) is 6.42 Å². The largest absolute Gasteiger partial charge is 0.328 e. The molecule has 4 heteroatoms. The molecule has 0 unspecified atom stereocenters. The summed E-state index contributed by atoms with van der Waals surface area (Å²) in [5.41, 5.74) is 0.464. The molecule has 0 aromatic heterocycles. The second-order valence-electron chi connectivity index (χ2n) is 3.59. The number of rotatable bonds is 4. The third kappa shape index (κ3) is 3.96. The number of carbonyl (C=O) groups excluding carboxylic acids is 1. The maximum absolute atomic E-state index is 12.1. The second kappa shape index (κ2) is 6.54. The molecule has 2 nitrogen and oxygen atoms in total. The Hall–Kier alpha value is -1.17. The van der Waals surface area contributed by atoms with Gasteiger partial charge >= 0.3 is 0 Å². The third-order valence-corrected chi connectivity index (χ3v) is 2.61. The van der Waals surface area contributed by atoms with Crippen molar-refractivity contribution in [1.29, 1.82) is 0 Å². The fraction of sp³-hybridized carbons (Fsp3) is 0.308. The predicted octanol–water partition coefficient (Wildman–Crippen LogP) is 3.48. The summed E-state index contributed by atoms with van der Waals surface area (Å²) in [6.45, 7) is 2.89. The summed E-state index contributed by atoms with van der Waals surface area (Å²) in [7, 11) is 0. The Kier molecular flexibility index (Phi) is 5.34. The molecule has 1 aromatic rings. The van der Waals surface area contributed by atoms with Crippen LogP contribution in [0.4, 0.5) is 0 Å². The summed E-state index contributed by atoms with van der Waals surface area (Å²) in [5.74, 6) is 2.33. The number of hydrogen-bond acceptors (Lipinski definition) is 1. The summed E-state index contributed by atoms with van der Waals surface area (Å²) in [4.78, 5) is 13.7. The van der Waals surface area contributed by atoms with Gasteiger partial charge in [-0.25, -0.2) is 0 Å². The molecule has 0 atom stereocenters. The van der Waals surface area contributed by atoms with Gasteiger partial charge in [0, 0.05) is 22.2 Å². The highest BCUT2D eigenvalue weighted by Gasteiger charge is 2.15. The molecule has 1 rings (SSSR count). The molecule has 90 valence electrons. The molecule has 0 aliphatic carbocycles. The summed E-state index contributed by atoms with van der Waals surface area (Å²) in [5, 5.41) is 0.885. The van der Waals surface area contributed by atoms with Gasteiger partial charge in [0.25, 0.3) is 5.91 Å². The summed E-state index contributed by atoms with van der Waals surface area (Å²) in [6.07, 6.45) is 6.09. The van der Waals surface area contributed by atoms with E-state index in [4.69, 9.17) is 29.6 Å². The van der Waals surface area contributed by atoms with Crippen molar-refractivity contribution in [2.24, 2.45) is 0 Å².